The second-order valence-corrected chi connectivity index (χ2v) is 10.2. The van der Waals surface area contributed by atoms with Gasteiger partial charge in [-0.2, -0.15) is 13.2 Å². The topological polar surface area (TPSA) is 86.3 Å². The van der Waals surface area contributed by atoms with E-state index in [1.54, 1.807) is 0 Å². The zero-order valence-corrected chi connectivity index (χ0v) is 24.4. The van der Waals surface area contributed by atoms with Gasteiger partial charge in [0.25, 0.3) is 0 Å². The number of halogens is 5. The number of nitrogens with one attached hydrogen (secondary N) is 1. The summed E-state index contributed by atoms with van der Waals surface area (Å²) in [5, 5.41) is 2.63. The minimum Gasteiger partial charge on any atom is -0.741 e. The Morgan fingerprint density at radius 2 is 1.15 bits per heavy atom. The molecule has 5 nitrogen and oxygen atoms in total. The van der Waals surface area contributed by atoms with Crippen molar-refractivity contribution in [3.63, 3.8) is 0 Å². The molecule has 1 fully saturated rings. The normalized spacial score (nSPS) is 19.9. The molecule has 0 aliphatic heterocycles. The molecule has 0 heterocycles. The standard InChI is InChI=1S/C11H11F2NO.2C8H12.CHF3O3S.Rh/c12-7-1-2-8(10(13)5-7)9-3-4-11(9)14-6-15;2*1-2-4-6-8-7-5-3-1;2-1(3,4)8(5,6)7;/h1-2,5-6,9,11H,3-4H2,(H,14,15);2*1-2,7-8H,3-6H2;(H,5,6,7);/p-1/t9-,11-;;;;/m0..../s1. The van der Waals surface area contributed by atoms with Crippen molar-refractivity contribution >= 4 is 16.5 Å². The number of hydrogen-bond donors (Lipinski definition) is 1. The molecule has 0 unspecified atom stereocenters. The molecule has 40 heavy (non-hydrogen) atoms. The molecule has 2 atom stereocenters. The maximum Gasteiger partial charge on any atom is 0.485 e. The molecule has 1 N–H and O–H groups in total. The predicted molar refractivity (Wildman–Crippen MR) is 141 cm³/mol. The Morgan fingerprint density at radius 3 is 1.40 bits per heavy atom. The van der Waals surface area contributed by atoms with E-state index in [0.29, 0.717) is 12.0 Å². The molecule has 1 radical (unpaired) electrons. The SMILES string of the molecule is C1=CCCC=CCC1.C1=CCCC=CCC1.O=CN[C@H]1CC[C@H]1c1ccc(F)cc1F.O=S(=O)([O-])C(F)(F)F.[Rh]. The van der Waals surface area contributed by atoms with Crippen LogP contribution in [0.15, 0.2) is 66.8 Å². The van der Waals surface area contributed by atoms with Gasteiger partial charge in [0, 0.05) is 37.5 Å². The third kappa shape index (κ3) is 16.2. The molecular formula is C28H35F5NO4RhS-. The van der Waals surface area contributed by atoms with E-state index in [4.69, 9.17) is 13.0 Å². The van der Waals surface area contributed by atoms with E-state index < -0.39 is 27.3 Å². The van der Waals surface area contributed by atoms with E-state index >= 15 is 0 Å². The van der Waals surface area contributed by atoms with Crippen LogP contribution in [0.25, 0.3) is 0 Å². The summed E-state index contributed by atoms with van der Waals surface area (Å²) in [4.78, 5) is 10.3. The molecular weight excluding hydrogens is 644 g/mol. The van der Waals surface area contributed by atoms with Gasteiger partial charge in [-0.05, 0) is 75.8 Å². The Labute approximate surface area is 246 Å². The van der Waals surface area contributed by atoms with Crippen molar-refractivity contribution in [3.8, 4) is 0 Å². The first-order valence-corrected chi connectivity index (χ1v) is 14.1. The van der Waals surface area contributed by atoms with Gasteiger partial charge in [0.2, 0.25) is 6.41 Å². The van der Waals surface area contributed by atoms with Crippen molar-refractivity contribution in [2.75, 3.05) is 0 Å². The van der Waals surface area contributed by atoms with Crippen LogP contribution < -0.4 is 5.32 Å². The average molecular weight is 680 g/mol. The van der Waals surface area contributed by atoms with E-state index in [2.05, 4.69) is 53.9 Å². The van der Waals surface area contributed by atoms with Crippen LogP contribution in [0.1, 0.15) is 75.7 Å². The summed E-state index contributed by atoms with van der Waals surface area (Å²) in [7, 11) is -6.09. The molecule has 3 aliphatic rings. The molecule has 227 valence electrons. The number of alkyl halides is 3. The van der Waals surface area contributed by atoms with Gasteiger partial charge in [-0.15, -0.1) is 0 Å². The molecule has 1 amide bonds. The van der Waals surface area contributed by atoms with Crippen LogP contribution in [0.5, 0.6) is 0 Å². The summed E-state index contributed by atoms with van der Waals surface area (Å²) in [6.07, 6.45) is 30.3. The third-order valence-electron chi connectivity index (χ3n) is 5.87. The van der Waals surface area contributed by atoms with Crippen molar-refractivity contribution in [1.29, 1.82) is 0 Å². The number of benzene rings is 1. The molecule has 0 saturated heterocycles. The van der Waals surface area contributed by atoms with Gasteiger partial charge in [0.1, 0.15) is 11.6 Å². The van der Waals surface area contributed by atoms with Gasteiger partial charge < -0.3 is 9.87 Å². The van der Waals surface area contributed by atoms with Crippen molar-refractivity contribution < 1.29 is 59.2 Å². The summed E-state index contributed by atoms with van der Waals surface area (Å²) in [5.74, 6) is -1.12. The van der Waals surface area contributed by atoms with Crippen LogP contribution in [0.2, 0.25) is 0 Å². The largest absolute Gasteiger partial charge is 0.741 e. The van der Waals surface area contributed by atoms with Crippen molar-refractivity contribution in [2.45, 2.75) is 81.7 Å². The number of rotatable bonds is 3. The summed E-state index contributed by atoms with van der Waals surface area (Å²) < 4.78 is 84.9. The van der Waals surface area contributed by atoms with Crippen molar-refractivity contribution in [3.05, 3.63) is 84.0 Å². The minimum absolute atomic E-state index is 0. The maximum atomic E-state index is 13.4. The molecule has 1 aromatic carbocycles. The third-order valence-corrected chi connectivity index (χ3v) is 6.44. The zero-order valence-electron chi connectivity index (χ0n) is 21.9. The molecule has 12 heteroatoms. The average Bonchev–Trinajstić information content (AvgIpc) is 2.78. The van der Waals surface area contributed by atoms with Crippen LogP contribution in [-0.2, 0) is 34.4 Å². The van der Waals surface area contributed by atoms with E-state index in [0.717, 1.165) is 18.9 Å². The molecule has 4 rings (SSSR count). The Bertz CT molecular complexity index is 1010. The second kappa shape index (κ2) is 20.7. The fourth-order valence-corrected chi connectivity index (χ4v) is 3.67. The van der Waals surface area contributed by atoms with E-state index in [9.17, 15) is 26.7 Å². The molecule has 0 spiro atoms. The van der Waals surface area contributed by atoms with Gasteiger partial charge in [0.15, 0.2) is 10.1 Å². The van der Waals surface area contributed by atoms with Crippen LogP contribution in [0, 0.1) is 11.6 Å². The first-order chi connectivity index (χ1) is 18.5. The monoisotopic (exact) mass is 679 g/mol. The number of carbonyl (C=O) groups excluding carboxylic acids is 1. The van der Waals surface area contributed by atoms with Gasteiger partial charge in [-0.1, -0.05) is 54.7 Å². The number of amides is 1. The fourth-order valence-electron chi connectivity index (χ4n) is 3.67. The summed E-state index contributed by atoms with van der Waals surface area (Å²) in [5.41, 5.74) is -5.16. The Morgan fingerprint density at radius 1 is 0.775 bits per heavy atom. The molecule has 3 aliphatic carbocycles. The van der Waals surface area contributed by atoms with Crippen LogP contribution in [0.4, 0.5) is 22.0 Å². The Balaban J connectivity index is 0.000000530. The quantitative estimate of drug-likeness (QED) is 0.0905. The summed E-state index contributed by atoms with van der Waals surface area (Å²) >= 11 is 0. The van der Waals surface area contributed by atoms with Gasteiger partial charge in [0.05, 0.1) is 0 Å². The number of allylic oxidation sites excluding steroid dienone is 8. The Hall–Kier alpha value is -2.17. The van der Waals surface area contributed by atoms with Crippen LogP contribution in [0.3, 0.4) is 0 Å². The van der Waals surface area contributed by atoms with E-state index in [-0.39, 0.29) is 31.4 Å². The second-order valence-electron chi connectivity index (χ2n) is 8.84. The molecule has 0 aromatic heterocycles. The van der Waals surface area contributed by atoms with Crippen molar-refractivity contribution in [1.82, 2.24) is 5.32 Å². The Kier molecular flexibility index (Phi) is 19.6. The van der Waals surface area contributed by atoms with Gasteiger partial charge in [-0.25, -0.2) is 17.2 Å². The molecule has 1 aromatic rings. The first kappa shape index (κ1) is 37.8. The summed E-state index contributed by atoms with van der Waals surface area (Å²) in [6.45, 7) is 0. The maximum absolute atomic E-state index is 13.4. The van der Waals surface area contributed by atoms with Gasteiger partial charge >= 0.3 is 5.51 Å². The molecule has 1 saturated carbocycles. The minimum atomic E-state index is -6.09. The van der Waals surface area contributed by atoms with E-state index in [1.807, 2.05) is 0 Å². The van der Waals surface area contributed by atoms with Crippen LogP contribution in [-0.4, -0.2) is 30.9 Å². The fraction of sp³-hybridized carbons (Fsp3) is 0.464. The summed E-state index contributed by atoms with van der Waals surface area (Å²) in [6, 6.07) is 3.57. The number of hydrogen-bond acceptors (Lipinski definition) is 4. The molecule has 0 bridgehead atoms. The van der Waals surface area contributed by atoms with Crippen molar-refractivity contribution in [2.24, 2.45) is 0 Å². The van der Waals surface area contributed by atoms with Crippen LogP contribution >= 0.6 is 0 Å². The predicted octanol–water partition coefficient (Wildman–Crippen LogP) is 7.35. The number of carbonyl (C=O) groups is 1. The zero-order chi connectivity index (χ0) is 29.2. The first-order valence-electron chi connectivity index (χ1n) is 12.7. The van der Waals surface area contributed by atoms with E-state index in [1.165, 1.54) is 63.5 Å². The smallest absolute Gasteiger partial charge is 0.485 e. The van der Waals surface area contributed by atoms with Gasteiger partial charge in [-0.3, -0.25) is 4.79 Å².